The summed E-state index contributed by atoms with van der Waals surface area (Å²) < 4.78 is 12.4. The molecule has 0 atom stereocenters. The van der Waals surface area contributed by atoms with Crippen LogP contribution in [0.5, 0.6) is 11.5 Å². The number of hydrogen-bond donors (Lipinski definition) is 2. The normalized spacial score (nSPS) is 13.5. The first-order valence-corrected chi connectivity index (χ1v) is 24.1. The molecule has 2 aliphatic rings. The Bertz CT molecular complexity index is 3180. The van der Waals surface area contributed by atoms with Crippen molar-refractivity contribution >= 4 is 0 Å². The van der Waals surface area contributed by atoms with Gasteiger partial charge in [0.1, 0.15) is 24.7 Å². The summed E-state index contributed by atoms with van der Waals surface area (Å²) in [7, 11) is 0. The smallest absolute Gasteiger partial charge is 0.127 e. The molecule has 0 heterocycles. The van der Waals surface area contributed by atoms with Crippen LogP contribution in [-0.4, -0.2) is 36.6 Å². The van der Waals surface area contributed by atoms with Crippen LogP contribution in [0, 0.1) is 0 Å². The lowest BCUT2D eigenvalue weighted by atomic mass is 9.67. The zero-order chi connectivity index (χ0) is 47.1. The van der Waals surface area contributed by atoms with E-state index in [9.17, 15) is 10.2 Å². The van der Waals surface area contributed by atoms with Crippen molar-refractivity contribution in [1.82, 2.24) is 0 Å². The second-order valence-corrected chi connectivity index (χ2v) is 18.1. The van der Waals surface area contributed by atoms with Crippen LogP contribution in [-0.2, 0) is 10.8 Å². The van der Waals surface area contributed by atoms with Gasteiger partial charge in [-0.05, 0) is 113 Å². The molecular formula is C66H50O4. The third-order valence-corrected chi connectivity index (χ3v) is 14.6. The number of hydrogen-bond acceptors (Lipinski definition) is 4. The third kappa shape index (κ3) is 6.82. The van der Waals surface area contributed by atoms with Crippen LogP contribution in [0.2, 0.25) is 0 Å². The first-order valence-electron chi connectivity index (χ1n) is 24.1. The fraction of sp³-hybridized carbons (Fsp3) is 0.0909. The minimum absolute atomic E-state index is 0.0650. The second kappa shape index (κ2) is 18.0. The van der Waals surface area contributed by atoms with E-state index in [-0.39, 0.29) is 26.4 Å². The molecule has 0 aliphatic heterocycles. The summed E-state index contributed by atoms with van der Waals surface area (Å²) in [5.41, 5.74) is 19.6. The molecule has 2 aliphatic carbocycles. The lowest BCUT2D eigenvalue weighted by molar-refractivity contribution is 0.202. The van der Waals surface area contributed by atoms with Crippen LogP contribution in [0.25, 0.3) is 55.6 Å². The highest BCUT2D eigenvalue weighted by molar-refractivity contribution is 5.89. The highest BCUT2D eigenvalue weighted by Gasteiger charge is 2.48. The van der Waals surface area contributed by atoms with E-state index < -0.39 is 10.8 Å². The molecule has 0 bridgehead atoms. The number of fused-ring (bicyclic) bond motifs is 6. The van der Waals surface area contributed by atoms with Crippen LogP contribution >= 0.6 is 0 Å². The predicted octanol–water partition coefficient (Wildman–Crippen LogP) is 14.2. The Kier molecular flexibility index (Phi) is 11.1. The molecule has 0 fully saturated rings. The Labute approximate surface area is 409 Å². The van der Waals surface area contributed by atoms with Gasteiger partial charge in [-0.2, -0.15) is 0 Å². The Morgan fingerprint density at radius 1 is 0.271 bits per heavy atom. The van der Waals surface area contributed by atoms with Gasteiger partial charge >= 0.3 is 0 Å². The van der Waals surface area contributed by atoms with Crippen LogP contribution in [0.15, 0.2) is 243 Å². The average molecular weight is 907 g/mol. The maximum Gasteiger partial charge on any atom is 0.127 e. The van der Waals surface area contributed by atoms with E-state index in [4.69, 9.17) is 9.47 Å². The maximum atomic E-state index is 9.76. The van der Waals surface area contributed by atoms with Crippen LogP contribution in [0.1, 0.15) is 44.5 Å². The van der Waals surface area contributed by atoms with Crippen LogP contribution in [0.4, 0.5) is 0 Å². The Morgan fingerprint density at radius 3 is 0.900 bits per heavy atom. The fourth-order valence-electron chi connectivity index (χ4n) is 11.6. The number of aliphatic hydroxyl groups excluding tert-OH is 2. The molecule has 70 heavy (non-hydrogen) atoms. The predicted molar refractivity (Wildman–Crippen MR) is 283 cm³/mol. The number of aliphatic hydroxyl groups is 2. The highest BCUT2D eigenvalue weighted by atomic mass is 16.5. The molecule has 2 N–H and O–H groups in total. The van der Waals surface area contributed by atoms with Crippen molar-refractivity contribution in [3.05, 3.63) is 287 Å². The first-order chi connectivity index (χ1) is 34.6. The van der Waals surface area contributed by atoms with Gasteiger partial charge < -0.3 is 19.7 Å². The first kappa shape index (κ1) is 43.0. The van der Waals surface area contributed by atoms with Crippen molar-refractivity contribution in [2.75, 3.05) is 26.4 Å². The molecule has 0 saturated carbocycles. The largest absolute Gasteiger partial charge is 0.491 e. The lowest BCUT2D eigenvalue weighted by Crippen LogP contribution is -2.28. The van der Waals surface area contributed by atoms with Crippen LogP contribution in [0.3, 0.4) is 0 Å². The molecule has 4 heteroatoms. The molecular weight excluding hydrogens is 857 g/mol. The summed E-state index contributed by atoms with van der Waals surface area (Å²) in [6, 6.07) is 87.6. The average Bonchev–Trinajstić information content (AvgIpc) is 3.91. The molecule has 338 valence electrons. The molecule has 12 rings (SSSR count). The van der Waals surface area contributed by atoms with E-state index in [0.717, 1.165) is 56.0 Å². The Balaban J connectivity index is 0.998. The summed E-state index contributed by atoms with van der Waals surface area (Å²) in [6.45, 7) is 0.294. The number of ether oxygens (including phenoxy) is 2. The van der Waals surface area contributed by atoms with Gasteiger partial charge in [0.05, 0.1) is 24.0 Å². The molecule has 0 radical (unpaired) electrons. The minimum atomic E-state index is -0.623. The van der Waals surface area contributed by atoms with Gasteiger partial charge in [-0.1, -0.05) is 218 Å². The minimum Gasteiger partial charge on any atom is -0.491 e. The SMILES string of the molecule is OCCOc1ccc(C2(c3ccc(-c4ccc(C5(c6ccc(OCCO)c(-c7ccccc7)c6)c6ccccc6-c6ccccc65)cc4)cc3)c3ccccc3-c3ccccc32)cc1-c1ccccc1. The Hall–Kier alpha value is -8.28. The van der Waals surface area contributed by atoms with E-state index >= 15 is 0 Å². The Morgan fingerprint density at radius 2 is 0.571 bits per heavy atom. The zero-order valence-electron chi connectivity index (χ0n) is 38.6. The van der Waals surface area contributed by atoms with Crippen molar-refractivity contribution in [3.63, 3.8) is 0 Å². The molecule has 10 aromatic rings. The van der Waals surface area contributed by atoms with E-state index in [1.807, 2.05) is 12.1 Å². The molecule has 0 saturated heterocycles. The maximum absolute atomic E-state index is 9.76. The van der Waals surface area contributed by atoms with Gasteiger partial charge in [0.25, 0.3) is 0 Å². The summed E-state index contributed by atoms with van der Waals surface area (Å²) in [5, 5.41) is 19.5. The fourth-order valence-corrected chi connectivity index (χ4v) is 11.6. The standard InChI is InChI=1S/C66H50O4/c67-39-41-69-63-37-35-51(43-57(63)47-15-3-1-4-16-47)65(59-23-11-7-19-53(59)54-20-8-12-24-60(54)65)49-31-27-45(28-32-49)46-29-33-50(34-30-46)66(61-25-13-9-21-55(61)56-22-10-14-26-62(56)66)52-36-38-64(70-42-40-68)58(44-52)48-17-5-2-6-18-48/h1-38,43-44,67-68H,39-42H2. The van der Waals surface area contributed by atoms with Gasteiger partial charge in [0.15, 0.2) is 0 Å². The van der Waals surface area contributed by atoms with E-state index in [0.29, 0.717) is 0 Å². The molecule has 4 nitrogen and oxygen atoms in total. The van der Waals surface area contributed by atoms with Crippen molar-refractivity contribution in [1.29, 1.82) is 0 Å². The van der Waals surface area contributed by atoms with Crippen LogP contribution < -0.4 is 9.47 Å². The number of rotatable bonds is 13. The summed E-state index contributed by atoms with van der Waals surface area (Å²) >= 11 is 0. The van der Waals surface area contributed by atoms with Gasteiger partial charge in [-0.15, -0.1) is 0 Å². The molecule has 0 amide bonds. The monoisotopic (exact) mass is 906 g/mol. The molecule has 0 aromatic heterocycles. The molecule has 0 unspecified atom stereocenters. The summed E-state index contributed by atoms with van der Waals surface area (Å²) in [4.78, 5) is 0. The molecule has 10 aromatic carbocycles. The topological polar surface area (TPSA) is 58.9 Å². The number of benzene rings is 10. The summed E-state index contributed by atoms with van der Waals surface area (Å²) in [6.07, 6.45) is 0. The van der Waals surface area contributed by atoms with E-state index in [1.165, 1.54) is 55.6 Å². The van der Waals surface area contributed by atoms with E-state index in [1.54, 1.807) is 0 Å². The van der Waals surface area contributed by atoms with Gasteiger partial charge in [-0.3, -0.25) is 0 Å². The lowest BCUT2D eigenvalue weighted by Gasteiger charge is -2.35. The van der Waals surface area contributed by atoms with Gasteiger partial charge in [-0.25, -0.2) is 0 Å². The highest BCUT2D eigenvalue weighted by Crippen LogP contribution is 2.59. The quantitative estimate of drug-likeness (QED) is 0.121. The van der Waals surface area contributed by atoms with Crippen molar-refractivity contribution in [2.45, 2.75) is 10.8 Å². The van der Waals surface area contributed by atoms with E-state index in [2.05, 4.69) is 231 Å². The second-order valence-electron chi connectivity index (χ2n) is 18.1. The van der Waals surface area contributed by atoms with Gasteiger partial charge in [0.2, 0.25) is 0 Å². The van der Waals surface area contributed by atoms with Crippen molar-refractivity contribution < 1.29 is 19.7 Å². The van der Waals surface area contributed by atoms with Gasteiger partial charge in [0, 0.05) is 11.1 Å². The zero-order valence-corrected chi connectivity index (χ0v) is 38.6. The summed E-state index contributed by atoms with van der Waals surface area (Å²) in [5.74, 6) is 1.48. The van der Waals surface area contributed by atoms with Crippen molar-refractivity contribution in [2.24, 2.45) is 0 Å². The third-order valence-electron chi connectivity index (χ3n) is 14.6. The molecule has 0 spiro atoms. The van der Waals surface area contributed by atoms with Crippen molar-refractivity contribution in [3.8, 4) is 67.1 Å².